The van der Waals surface area contributed by atoms with Crippen LogP contribution in [0.2, 0.25) is 0 Å². The van der Waals surface area contributed by atoms with E-state index in [-0.39, 0.29) is 11.6 Å². The van der Waals surface area contributed by atoms with Gasteiger partial charge in [-0.3, -0.25) is 11.3 Å². The topological polar surface area (TPSA) is 56.5 Å². The average molecular weight is 290 g/mol. The molecule has 0 bridgehead atoms. The number of nitrogens with one attached hydrogen (secondary N) is 1. The van der Waals surface area contributed by atoms with E-state index in [2.05, 4.69) is 17.6 Å². The second-order valence-electron chi connectivity index (χ2n) is 6.41. The molecule has 21 heavy (non-hydrogen) atoms. The minimum absolute atomic E-state index is 0.129. The number of hydrogen-bond donors (Lipinski definition) is 2. The normalized spacial score (nSPS) is 25.9. The number of hydrazine groups is 1. The Balaban J connectivity index is 1.75. The summed E-state index contributed by atoms with van der Waals surface area (Å²) in [5, 5.41) is 0. The van der Waals surface area contributed by atoms with Gasteiger partial charge in [0.25, 0.3) is 0 Å². The number of rotatable bonds is 4. The van der Waals surface area contributed by atoms with Gasteiger partial charge in [0.2, 0.25) is 0 Å². The predicted molar refractivity (Wildman–Crippen MR) is 82.9 cm³/mol. The zero-order valence-electron chi connectivity index (χ0n) is 12.8. The lowest BCUT2D eigenvalue weighted by atomic mass is 9.79. The Morgan fingerprint density at radius 2 is 2.00 bits per heavy atom. The average Bonchev–Trinajstić information content (AvgIpc) is 2.96. The Bertz CT molecular complexity index is 454. The summed E-state index contributed by atoms with van der Waals surface area (Å²) in [6.07, 6.45) is 7.22. The molecule has 1 saturated heterocycles. The van der Waals surface area contributed by atoms with Gasteiger partial charge in [-0.1, -0.05) is 25.0 Å². The van der Waals surface area contributed by atoms with Crippen LogP contribution in [0, 0.1) is 5.92 Å². The van der Waals surface area contributed by atoms with Gasteiger partial charge in [-0.05, 0) is 49.3 Å². The van der Waals surface area contributed by atoms with Crippen LogP contribution < -0.4 is 16.0 Å². The number of nitrogens with two attached hydrogens (primary N) is 1. The summed E-state index contributed by atoms with van der Waals surface area (Å²) in [6.45, 7) is 0.860. The summed E-state index contributed by atoms with van der Waals surface area (Å²) < 4.78 is 11.4. The van der Waals surface area contributed by atoms with Crippen LogP contribution in [-0.2, 0) is 4.74 Å². The van der Waals surface area contributed by atoms with E-state index in [1.807, 2.05) is 12.1 Å². The summed E-state index contributed by atoms with van der Waals surface area (Å²) >= 11 is 0. The lowest BCUT2D eigenvalue weighted by molar-refractivity contribution is -0.0982. The third kappa shape index (κ3) is 3.07. The van der Waals surface area contributed by atoms with Crippen LogP contribution in [0.4, 0.5) is 0 Å². The fourth-order valence-corrected chi connectivity index (χ4v) is 4.03. The Morgan fingerprint density at radius 3 is 2.62 bits per heavy atom. The Morgan fingerprint density at radius 1 is 1.29 bits per heavy atom. The van der Waals surface area contributed by atoms with Crippen molar-refractivity contribution >= 4 is 0 Å². The molecule has 1 aromatic rings. The second-order valence-corrected chi connectivity index (χ2v) is 6.41. The highest BCUT2D eigenvalue weighted by Crippen LogP contribution is 2.45. The third-order valence-electron chi connectivity index (χ3n) is 5.17. The molecule has 0 amide bonds. The van der Waals surface area contributed by atoms with Gasteiger partial charge in [0.1, 0.15) is 5.75 Å². The van der Waals surface area contributed by atoms with Crippen molar-refractivity contribution in [3.05, 3.63) is 29.8 Å². The van der Waals surface area contributed by atoms with E-state index < -0.39 is 0 Å². The molecule has 2 unspecified atom stereocenters. The lowest BCUT2D eigenvalue weighted by Gasteiger charge is -2.41. The van der Waals surface area contributed by atoms with Crippen molar-refractivity contribution in [3.8, 4) is 5.75 Å². The van der Waals surface area contributed by atoms with Crippen molar-refractivity contribution in [2.24, 2.45) is 11.8 Å². The number of methoxy groups -OCH3 is 1. The maximum Gasteiger partial charge on any atom is 0.118 e. The molecule has 0 radical (unpaired) electrons. The van der Waals surface area contributed by atoms with Gasteiger partial charge < -0.3 is 9.47 Å². The summed E-state index contributed by atoms with van der Waals surface area (Å²) in [7, 11) is 1.69. The van der Waals surface area contributed by atoms with E-state index in [0.29, 0.717) is 5.92 Å². The maximum atomic E-state index is 6.14. The van der Waals surface area contributed by atoms with Gasteiger partial charge in [0.15, 0.2) is 0 Å². The first-order valence-electron chi connectivity index (χ1n) is 8.00. The van der Waals surface area contributed by atoms with Crippen LogP contribution in [0.1, 0.15) is 50.1 Å². The molecule has 4 nitrogen and oxygen atoms in total. The molecule has 3 N–H and O–H groups in total. The van der Waals surface area contributed by atoms with E-state index in [1.165, 1.54) is 31.2 Å². The van der Waals surface area contributed by atoms with Crippen molar-refractivity contribution in [1.82, 2.24) is 5.43 Å². The molecule has 2 fully saturated rings. The molecule has 1 aliphatic heterocycles. The Kier molecular flexibility index (Phi) is 4.48. The van der Waals surface area contributed by atoms with Crippen LogP contribution in [0.5, 0.6) is 5.75 Å². The predicted octanol–water partition coefficient (Wildman–Crippen LogP) is 2.94. The third-order valence-corrected chi connectivity index (χ3v) is 5.17. The quantitative estimate of drug-likeness (QED) is 0.661. The molecule has 1 heterocycles. The molecular weight excluding hydrogens is 264 g/mol. The summed E-state index contributed by atoms with van der Waals surface area (Å²) in [5.41, 5.74) is 4.40. The van der Waals surface area contributed by atoms with Gasteiger partial charge in [0.05, 0.1) is 12.7 Å². The van der Waals surface area contributed by atoms with Gasteiger partial charge in [0, 0.05) is 12.6 Å². The number of benzene rings is 1. The highest BCUT2D eigenvalue weighted by atomic mass is 16.5. The van der Waals surface area contributed by atoms with Gasteiger partial charge in [-0.25, -0.2) is 0 Å². The van der Waals surface area contributed by atoms with E-state index in [0.717, 1.165) is 25.2 Å². The van der Waals surface area contributed by atoms with Crippen LogP contribution in [0.15, 0.2) is 24.3 Å². The Labute approximate surface area is 127 Å². The smallest absolute Gasteiger partial charge is 0.118 e. The molecule has 116 valence electrons. The molecule has 0 aromatic heterocycles. The van der Waals surface area contributed by atoms with Crippen molar-refractivity contribution in [3.63, 3.8) is 0 Å². The molecule has 4 heteroatoms. The van der Waals surface area contributed by atoms with Crippen LogP contribution in [-0.4, -0.2) is 19.3 Å². The van der Waals surface area contributed by atoms with E-state index in [4.69, 9.17) is 15.3 Å². The summed E-state index contributed by atoms with van der Waals surface area (Å²) in [4.78, 5) is 0. The maximum absolute atomic E-state index is 6.14. The molecule has 1 aliphatic carbocycles. The first-order valence-corrected chi connectivity index (χ1v) is 8.00. The fourth-order valence-electron chi connectivity index (χ4n) is 4.03. The highest BCUT2D eigenvalue weighted by Gasteiger charge is 2.42. The lowest BCUT2D eigenvalue weighted by Crippen LogP contribution is -2.43. The zero-order chi connectivity index (χ0) is 14.7. The van der Waals surface area contributed by atoms with E-state index >= 15 is 0 Å². The van der Waals surface area contributed by atoms with E-state index in [1.54, 1.807) is 7.11 Å². The van der Waals surface area contributed by atoms with Crippen LogP contribution in [0.25, 0.3) is 0 Å². The molecule has 1 saturated carbocycles. The fraction of sp³-hybridized carbons (Fsp3) is 0.647. The van der Waals surface area contributed by atoms with Crippen molar-refractivity contribution < 1.29 is 9.47 Å². The van der Waals surface area contributed by atoms with Crippen molar-refractivity contribution in [1.29, 1.82) is 0 Å². The molecule has 1 aromatic carbocycles. The van der Waals surface area contributed by atoms with Gasteiger partial charge in [-0.15, -0.1) is 0 Å². The minimum atomic E-state index is 0.129. The minimum Gasteiger partial charge on any atom is -0.497 e. The zero-order valence-corrected chi connectivity index (χ0v) is 12.8. The molecule has 2 aliphatic rings. The first-order chi connectivity index (χ1) is 10.3. The number of ether oxygens (including phenoxy) is 2. The first kappa shape index (κ1) is 14.8. The van der Waals surface area contributed by atoms with Crippen molar-refractivity contribution in [2.45, 2.75) is 50.2 Å². The van der Waals surface area contributed by atoms with Crippen LogP contribution in [0.3, 0.4) is 0 Å². The molecule has 2 atom stereocenters. The van der Waals surface area contributed by atoms with Crippen molar-refractivity contribution in [2.75, 3.05) is 13.7 Å². The second kappa shape index (κ2) is 6.34. The number of hydrogen-bond acceptors (Lipinski definition) is 4. The van der Waals surface area contributed by atoms with Gasteiger partial charge in [-0.2, -0.15) is 0 Å². The van der Waals surface area contributed by atoms with Gasteiger partial charge >= 0.3 is 0 Å². The molecule has 3 rings (SSSR count). The monoisotopic (exact) mass is 290 g/mol. The van der Waals surface area contributed by atoms with Crippen LogP contribution >= 0.6 is 0 Å². The molecular formula is C17H26N2O2. The SMILES string of the molecule is COc1ccc(C(NN)C2CCOC3(CCCC3)C2)cc1. The highest BCUT2D eigenvalue weighted by molar-refractivity contribution is 5.29. The molecule has 1 spiro atoms. The van der Waals surface area contributed by atoms with E-state index in [9.17, 15) is 0 Å². The largest absolute Gasteiger partial charge is 0.497 e. The Hall–Kier alpha value is -1.10. The summed E-state index contributed by atoms with van der Waals surface area (Å²) in [5.74, 6) is 7.29. The summed E-state index contributed by atoms with van der Waals surface area (Å²) in [6, 6.07) is 8.42. The standard InChI is InChI=1S/C17H26N2O2/c1-20-15-6-4-13(5-7-15)16(19-18)14-8-11-21-17(12-14)9-2-3-10-17/h4-7,14,16,19H,2-3,8-12,18H2,1H3.